The lowest BCUT2D eigenvalue weighted by molar-refractivity contribution is 0.100. The molecule has 0 unspecified atom stereocenters. The van der Waals surface area contributed by atoms with Crippen molar-refractivity contribution in [2.75, 3.05) is 0 Å². The maximum atomic E-state index is 11.3. The van der Waals surface area contributed by atoms with E-state index in [1.165, 1.54) is 0 Å². The molecule has 0 aliphatic heterocycles. The van der Waals surface area contributed by atoms with Gasteiger partial charge in [-0.1, -0.05) is 30.3 Å². The highest BCUT2D eigenvalue weighted by Crippen LogP contribution is 2.36. The smallest absolute Gasteiger partial charge is 0.249 e. The zero-order valence-electron chi connectivity index (χ0n) is 8.85. The number of benzene rings is 2. The molecule has 2 aromatic carbocycles. The Bertz CT molecular complexity index is 581. The molecule has 3 N–H and O–H groups in total. The van der Waals surface area contributed by atoms with Gasteiger partial charge in [0.25, 0.3) is 0 Å². The van der Waals surface area contributed by atoms with E-state index in [2.05, 4.69) is 15.9 Å². The summed E-state index contributed by atoms with van der Waals surface area (Å²) in [6.45, 7) is 0. The molecule has 0 bridgehead atoms. The molecule has 0 heterocycles. The van der Waals surface area contributed by atoms with Crippen molar-refractivity contribution in [1.29, 1.82) is 0 Å². The van der Waals surface area contributed by atoms with Crippen LogP contribution in [0.25, 0.3) is 11.1 Å². The maximum absolute atomic E-state index is 11.3. The Morgan fingerprint density at radius 1 is 1.06 bits per heavy atom. The third-order valence-electron chi connectivity index (χ3n) is 2.47. The first kappa shape index (κ1) is 11.7. The number of carbonyl (C=O) groups excluding carboxylic acids is 1. The maximum Gasteiger partial charge on any atom is 0.249 e. The third kappa shape index (κ3) is 2.17. The zero-order valence-corrected chi connectivity index (χ0v) is 10.4. The molecule has 3 nitrogen and oxygen atoms in total. The topological polar surface area (TPSA) is 63.3 Å². The van der Waals surface area contributed by atoms with E-state index < -0.39 is 5.91 Å². The van der Waals surface area contributed by atoms with Crippen LogP contribution in [-0.4, -0.2) is 11.0 Å². The Labute approximate surface area is 107 Å². The molecule has 2 aromatic rings. The van der Waals surface area contributed by atoms with Crippen LogP contribution in [0.15, 0.2) is 46.9 Å². The average molecular weight is 292 g/mol. The van der Waals surface area contributed by atoms with Gasteiger partial charge >= 0.3 is 0 Å². The summed E-state index contributed by atoms with van der Waals surface area (Å²) in [5.74, 6) is -0.416. The second-order valence-corrected chi connectivity index (χ2v) is 4.40. The van der Waals surface area contributed by atoms with E-state index in [0.717, 1.165) is 0 Å². The van der Waals surface area contributed by atoms with E-state index in [0.29, 0.717) is 21.2 Å². The van der Waals surface area contributed by atoms with Gasteiger partial charge in [0.05, 0.1) is 4.47 Å². The molecular formula is C13H10BrNO2. The second kappa shape index (κ2) is 4.59. The highest BCUT2D eigenvalue weighted by Gasteiger charge is 2.13. The van der Waals surface area contributed by atoms with Crippen molar-refractivity contribution in [3.05, 3.63) is 52.5 Å². The molecule has 0 saturated carbocycles. The summed E-state index contributed by atoms with van der Waals surface area (Å²) >= 11 is 3.24. The Balaban J connectivity index is 2.69. The number of carbonyl (C=O) groups is 1. The molecule has 0 spiro atoms. The lowest BCUT2D eigenvalue weighted by Gasteiger charge is -2.09. The largest absolute Gasteiger partial charge is 0.506 e. The molecular weight excluding hydrogens is 282 g/mol. The molecule has 0 aliphatic carbocycles. The summed E-state index contributed by atoms with van der Waals surface area (Å²) in [7, 11) is 0. The van der Waals surface area contributed by atoms with Crippen LogP contribution in [0, 0.1) is 0 Å². The fraction of sp³-hybridized carbons (Fsp3) is 0. The van der Waals surface area contributed by atoms with Crippen LogP contribution >= 0.6 is 15.9 Å². The van der Waals surface area contributed by atoms with Crippen molar-refractivity contribution in [2.24, 2.45) is 5.73 Å². The van der Waals surface area contributed by atoms with E-state index >= 15 is 0 Å². The van der Waals surface area contributed by atoms with Gasteiger partial charge in [-0.15, -0.1) is 0 Å². The highest BCUT2D eigenvalue weighted by atomic mass is 79.9. The number of nitrogens with two attached hydrogens (primary N) is 1. The molecule has 0 aliphatic rings. The molecule has 1 amide bonds. The van der Waals surface area contributed by atoms with Crippen molar-refractivity contribution in [2.45, 2.75) is 0 Å². The summed E-state index contributed by atoms with van der Waals surface area (Å²) in [6.07, 6.45) is 0. The number of phenols is 1. The number of hydrogen-bond donors (Lipinski definition) is 2. The Morgan fingerprint density at radius 3 is 2.41 bits per heavy atom. The number of halogens is 1. The van der Waals surface area contributed by atoms with Gasteiger partial charge in [0.1, 0.15) is 5.75 Å². The van der Waals surface area contributed by atoms with Gasteiger partial charge in [-0.25, -0.2) is 0 Å². The van der Waals surface area contributed by atoms with Crippen LogP contribution in [0.5, 0.6) is 5.75 Å². The summed E-state index contributed by atoms with van der Waals surface area (Å²) in [5.41, 5.74) is 6.90. The number of para-hydroxylation sites is 1. The van der Waals surface area contributed by atoms with E-state index in [-0.39, 0.29) is 5.75 Å². The molecule has 17 heavy (non-hydrogen) atoms. The van der Waals surface area contributed by atoms with Crippen LogP contribution < -0.4 is 5.73 Å². The van der Waals surface area contributed by atoms with Gasteiger partial charge < -0.3 is 10.8 Å². The molecule has 0 atom stereocenters. The molecule has 0 radical (unpaired) electrons. The van der Waals surface area contributed by atoms with Gasteiger partial charge in [0.15, 0.2) is 0 Å². The lowest BCUT2D eigenvalue weighted by Crippen LogP contribution is -2.12. The van der Waals surface area contributed by atoms with Gasteiger partial charge in [-0.3, -0.25) is 4.79 Å². The molecule has 0 aromatic heterocycles. The SMILES string of the molecule is NC(=O)c1ccccc1-c1cccc(Br)c1O. The third-order valence-corrected chi connectivity index (χ3v) is 3.11. The van der Waals surface area contributed by atoms with E-state index in [1.54, 1.807) is 42.5 Å². The predicted octanol–water partition coefficient (Wildman–Crippen LogP) is 2.92. The molecule has 2 rings (SSSR count). The minimum Gasteiger partial charge on any atom is -0.506 e. The Kier molecular flexibility index (Phi) is 3.15. The first-order chi connectivity index (χ1) is 8.11. The van der Waals surface area contributed by atoms with Gasteiger partial charge in [-0.2, -0.15) is 0 Å². The minimum absolute atomic E-state index is 0.0983. The van der Waals surface area contributed by atoms with Crippen LogP contribution in [0.1, 0.15) is 10.4 Å². The van der Waals surface area contributed by atoms with Crippen molar-refractivity contribution in [3.8, 4) is 16.9 Å². The van der Waals surface area contributed by atoms with E-state index in [4.69, 9.17) is 5.73 Å². The van der Waals surface area contributed by atoms with Gasteiger partial charge in [-0.05, 0) is 33.6 Å². The molecule has 0 saturated heterocycles. The number of phenolic OH excluding ortho intramolecular Hbond substituents is 1. The summed E-state index contributed by atoms with van der Waals surface area (Å²) in [6, 6.07) is 12.2. The zero-order chi connectivity index (χ0) is 12.4. The van der Waals surface area contributed by atoms with Crippen molar-refractivity contribution >= 4 is 21.8 Å². The first-order valence-corrected chi connectivity index (χ1v) is 5.77. The second-order valence-electron chi connectivity index (χ2n) is 3.55. The van der Waals surface area contributed by atoms with E-state index in [1.807, 2.05) is 0 Å². The summed E-state index contributed by atoms with van der Waals surface area (Å²) in [5, 5.41) is 9.96. The van der Waals surface area contributed by atoms with Crippen molar-refractivity contribution in [3.63, 3.8) is 0 Å². The molecule has 86 valence electrons. The summed E-state index contributed by atoms with van der Waals surface area (Å²) in [4.78, 5) is 11.3. The molecule has 4 heteroatoms. The van der Waals surface area contributed by atoms with Crippen LogP contribution in [-0.2, 0) is 0 Å². The quantitative estimate of drug-likeness (QED) is 0.894. The van der Waals surface area contributed by atoms with Crippen molar-refractivity contribution in [1.82, 2.24) is 0 Å². The van der Waals surface area contributed by atoms with Gasteiger partial charge in [0.2, 0.25) is 5.91 Å². The number of rotatable bonds is 2. The van der Waals surface area contributed by atoms with Crippen molar-refractivity contribution < 1.29 is 9.90 Å². The lowest BCUT2D eigenvalue weighted by atomic mass is 9.98. The Morgan fingerprint density at radius 2 is 1.71 bits per heavy atom. The fourth-order valence-electron chi connectivity index (χ4n) is 1.67. The standard InChI is InChI=1S/C13H10BrNO2/c14-11-7-3-6-9(12(11)16)8-4-1-2-5-10(8)13(15)17/h1-7,16H,(H2,15,17). The average Bonchev–Trinajstić information content (AvgIpc) is 2.33. The normalized spacial score (nSPS) is 10.2. The molecule has 0 fully saturated rings. The van der Waals surface area contributed by atoms with E-state index in [9.17, 15) is 9.90 Å². The monoisotopic (exact) mass is 291 g/mol. The first-order valence-electron chi connectivity index (χ1n) is 4.98. The predicted molar refractivity (Wildman–Crippen MR) is 69.8 cm³/mol. The number of hydrogen-bond acceptors (Lipinski definition) is 2. The van der Waals surface area contributed by atoms with Crippen LogP contribution in [0.3, 0.4) is 0 Å². The number of amides is 1. The Hall–Kier alpha value is -1.81. The number of primary amides is 1. The number of aromatic hydroxyl groups is 1. The minimum atomic E-state index is -0.514. The fourth-order valence-corrected chi connectivity index (χ4v) is 2.03. The summed E-state index contributed by atoms with van der Waals surface area (Å²) < 4.78 is 0.578. The van der Waals surface area contributed by atoms with Gasteiger partial charge in [0, 0.05) is 11.1 Å². The van der Waals surface area contributed by atoms with Crippen LogP contribution in [0.2, 0.25) is 0 Å². The highest BCUT2D eigenvalue weighted by molar-refractivity contribution is 9.10. The van der Waals surface area contributed by atoms with Crippen LogP contribution in [0.4, 0.5) is 0 Å².